The lowest BCUT2D eigenvalue weighted by molar-refractivity contribution is -0.141. The summed E-state index contributed by atoms with van der Waals surface area (Å²) in [7, 11) is 0. The lowest BCUT2D eigenvalue weighted by Crippen LogP contribution is -2.17. The number of amidine groups is 1. The molecule has 12 heavy (non-hydrogen) atoms. The standard InChI is InChI=1S/C5H5F3N4/c6-5(7,8)3-2(4(9)10)1-11-12-3/h1H,(H3,9,10)(H,11,12). The van der Waals surface area contributed by atoms with E-state index in [-0.39, 0.29) is 0 Å². The van der Waals surface area contributed by atoms with Crippen LogP contribution in [0.25, 0.3) is 0 Å². The number of alkyl halides is 3. The van der Waals surface area contributed by atoms with Crippen LogP contribution in [-0.4, -0.2) is 16.0 Å². The molecule has 0 radical (unpaired) electrons. The van der Waals surface area contributed by atoms with Crippen molar-refractivity contribution in [3.05, 3.63) is 17.5 Å². The lowest BCUT2D eigenvalue weighted by atomic mass is 10.2. The van der Waals surface area contributed by atoms with E-state index in [1.807, 2.05) is 0 Å². The third-order valence-electron chi connectivity index (χ3n) is 1.21. The van der Waals surface area contributed by atoms with Gasteiger partial charge in [-0.15, -0.1) is 0 Å². The maximum Gasteiger partial charge on any atom is 0.433 e. The third-order valence-corrected chi connectivity index (χ3v) is 1.21. The van der Waals surface area contributed by atoms with Crippen LogP contribution in [0.3, 0.4) is 0 Å². The number of hydrogen-bond donors (Lipinski definition) is 3. The maximum atomic E-state index is 12.0. The number of rotatable bonds is 1. The number of nitrogens with one attached hydrogen (secondary N) is 2. The molecule has 4 nitrogen and oxygen atoms in total. The van der Waals surface area contributed by atoms with E-state index in [1.165, 1.54) is 0 Å². The van der Waals surface area contributed by atoms with Gasteiger partial charge in [0.15, 0.2) is 5.69 Å². The monoisotopic (exact) mass is 178 g/mol. The summed E-state index contributed by atoms with van der Waals surface area (Å²) in [5.74, 6) is -0.656. The molecule has 4 N–H and O–H groups in total. The van der Waals surface area contributed by atoms with Gasteiger partial charge in [0.2, 0.25) is 0 Å². The van der Waals surface area contributed by atoms with Crippen LogP contribution in [0.5, 0.6) is 0 Å². The molecular formula is C5H5F3N4. The summed E-state index contributed by atoms with van der Waals surface area (Å²) >= 11 is 0. The van der Waals surface area contributed by atoms with E-state index in [4.69, 9.17) is 11.1 Å². The first-order valence-electron chi connectivity index (χ1n) is 2.88. The number of nitrogens with two attached hydrogens (primary N) is 1. The van der Waals surface area contributed by atoms with Crippen LogP contribution in [0.1, 0.15) is 11.3 Å². The van der Waals surface area contributed by atoms with E-state index in [0.29, 0.717) is 0 Å². The lowest BCUT2D eigenvalue weighted by Gasteiger charge is -2.04. The largest absolute Gasteiger partial charge is 0.433 e. The van der Waals surface area contributed by atoms with Crippen molar-refractivity contribution in [3.63, 3.8) is 0 Å². The number of aromatic nitrogens is 2. The summed E-state index contributed by atoms with van der Waals surface area (Å²) in [6.45, 7) is 0. The number of halogens is 3. The summed E-state index contributed by atoms with van der Waals surface area (Å²) in [5, 5.41) is 11.7. The Bertz CT molecular complexity index is 300. The zero-order valence-corrected chi connectivity index (χ0v) is 5.74. The molecule has 0 aliphatic carbocycles. The molecule has 0 saturated heterocycles. The van der Waals surface area contributed by atoms with Crippen molar-refractivity contribution in [2.75, 3.05) is 0 Å². The predicted octanol–water partition coefficient (Wildman–Crippen LogP) is 0.713. The van der Waals surface area contributed by atoms with E-state index >= 15 is 0 Å². The fourth-order valence-corrected chi connectivity index (χ4v) is 0.706. The number of aromatic amines is 1. The second-order valence-electron chi connectivity index (χ2n) is 2.07. The molecule has 0 fully saturated rings. The Hall–Kier alpha value is -1.53. The van der Waals surface area contributed by atoms with E-state index in [0.717, 1.165) is 6.20 Å². The molecule has 0 saturated carbocycles. The molecule has 0 spiro atoms. The summed E-state index contributed by atoms with van der Waals surface area (Å²) in [4.78, 5) is 0. The molecule has 0 aliphatic rings. The zero-order chi connectivity index (χ0) is 9.35. The van der Waals surface area contributed by atoms with Gasteiger partial charge in [0.1, 0.15) is 5.84 Å². The van der Waals surface area contributed by atoms with Gasteiger partial charge in [-0.3, -0.25) is 10.5 Å². The SMILES string of the molecule is N=C(N)c1cn[nH]c1C(F)(F)F. The summed E-state index contributed by atoms with van der Waals surface area (Å²) < 4.78 is 36.1. The molecule has 0 bridgehead atoms. The average Bonchev–Trinajstić information content (AvgIpc) is 2.30. The van der Waals surface area contributed by atoms with Gasteiger partial charge < -0.3 is 5.73 Å². The van der Waals surface area contributed by atoms with E-state index in [1.54, 1.807) is 5.10 Å². The molecule has 7 heteroatoms. The van der Waals surface area contributed by atoms with E-state index < -0.39 is 23.3 Å². The zero-order valence-electron chi connectivity index (χ0n) is 5.74. The fraction of sp³-hybridized carbons (Fsp3) is 0.200. The molecule has 66 valence electrons. The van der Waals surface area contributed by atoms with Gasteiger partial charge >= 0.3 is 6.18 Å². The molecule has 1 aromatic heterocycles. The molecule has 1 rings (SSSR count). The van der Waals surface area contributed by atoms with Gasteiger partial charge in [-0.05, 0) is 0 Å². The number of nitrogen functional groups attached to an aromatic ring is 1. The molecule has 0 unspecified atom stereocenters. The highest BCUT2D eigenvalue weighted by molar-refractivity contribution is 5.95. The first-order chi connectivity index (χ1) is 5.43. The molecule has 0 aliphatic heterocycles. The van der Waals surface area contributed by atoms with Gasteiger partial charge in [0, 0.05) is 0 Å². The van der Waals surface area contributed by atoms with Crippen molar-refractivity contribution in [1.82, 2.24) is 10.2 Å². The van der Waals surface area contributed by atoms with Gasteiger partial charge in [0.25, 0.3) is 0 Å². The smallest absolute Gasteiger partial charge is 0.384 e. The first-order valence-corrected chi connectivity index (χ1v) is 2.88. The highest BCUT2D eigenvalue weighted by Gasteiger charge is 2.36. The van der Waals surface area contributed by atoms with Crippen LogP contribution < -0.4 is 5.73 Å². The number of hydrogen-bond acceptors (Lipinski definition) is 2. The van der Waals surface area contributed by atoms with Crippen LogP contribution >= 0.6 is 0 Å². The minimum atomic E-state index is -4.54. The van der Waals surface area contributed by atoms with E-state index in [9.17, 15) is 13.2 Å². The van der Waals surface area contributed by atoms with Crippen molar-refractivity contribution in [2.45, 2.75) is 6.18 Å². The van der Waals surface area contributed by atoms with Crippen LogP contribution in [-0.2, 0) is 6.18 Å². The minimum Gasteiger partial charge on any atom is -0.384 e. The van der Waals surface area contributed by atoms with Gasteiger partial charge in [-0.2, -0.15) is 18.3 Å². The Balaban J connectivity index is 3.17. The first kappa shape index (κ1) is 8.57. The molecule has 1 aromatic rings. The number of nitrogens with zero attached hydrogens (tertiary/aromatic N) is 1. The third kappa shape index (κ3) is 1.39. The predicted molar refractivity (Wildman–Crippen MR) is 34.6 cm³/mol. The second-order valence-corrected chi connectivity index (χ2v) is 2.07. The molecular weight excluding hydrogens is 173 g/mol. The Morgan fingerprint density at radius 1 is 1.58 bits per heavy atom. The van der Waals surface area contributed by atoms with Crippen LogP contribution in [0.4, 0.5) is 13.2 Å². The van der Waals surface area contributed by atoms with Crippen LogP contribution in [0, 0.1) is 5.41 Å². The molecule has 0 amide bonds. The molecule has 0 atom stereocenters. The van der Waals surface area contributed by atoms with Crippen LogP contribution in [0.2, 0.25) is 0 Å². The fourth-order valence-electron chi connectivity index (χ4n) is 0.706. The number of H-pyrrole nitrogens is 1. The van der Waals surface area contributed by atoms with Crippen LogP contribution in [0.15, 0.2) is 6.20 Å². The average molecular weight is 178 g/mol. The Labute approximate surface area is 65.1 Å². The normalized spacial score (nSPS) is 11.6. The van der Waals surface area contributed by atoms with Crippen molar-refractivity contribution in [3.8, 4) is 0 Å². The highest BCUT2D eigenvalue weighted by atomic mass is 19.4. The van der Waals surface area contributed by atoms with E-state index in [2.05, 4.69) is 5.10 Å². The molecule has 0 aromatic carbocycles. The highest BCUT2D eigenvalue weighted by Crippen LogP contribution is 2.29. The Kier molecular flexibility index (Phi) is 1.79. The summed E-state index contributed by atoms with van der Waals surface area (Å²) in [6, 6.07) is 0. The topological polar surface area (TPSA) is 78.6 Å². The minimum absolute atomic E-state index is 0.428. The van der Waals surface area contributed by atoms with Crippen molar-refractivity contribution < 1.29 is 13.2 Å². The summed E-state index contributed by atoms with van der Waals surface area (Å²) in [5.41, 5.74) is 3.36. The van der Waals surface area contributed by atoms with Gasteiger partial charge in [-0.25, -0.2) is 0 Å². The van der Waals surface area contributed by atoms with Crippen molar-refractivity contribution in [1.29, 1.82) is 5.41 Å². The Morgan fingerprint density at radius 3 is 2.50 bits per heavy atom. The van der Waals surface area contributed by atoms with Gasteiger partial charge in [0.05, 0.1) is 11.8 Å². The second kappa shape index (κ2) is 2.50. The Morgan fingerprint density at radius 2 is 2.17 bits per heavy atom. The summed E-state index contributed by atoms with van der Waals surface area (Å²) in [6.07, 6.45) is -3.68. The quantitative estimate of drug-likeness (QED) is 0.437. The maximum absolute atomic E-state index is 12.0. The van der Waals surface area contributed by atoms with Crippen molar-refractivity contribution >= 4 is 5.84 Å². The van der Waals surface area contributed by atoms with Crippen molar-refractivity contribution in [2.24, 2.45) is 5.73 Å². The van der Waals surface area contributed by atoms with Gasteiger partial charge in [-0.1, -0.05) is 0 Å². The molecule has 1 heterocycles.